The van der Waals surface area contributed by atoms with Crippen molar-refractivity contribution in [2.45, 2.75) is 189 Å². The summed E-state index contributed by atoms with van der Waals surface area (Å²) < 4.78 is 11.1. The van der Waals surface area contributed by atoms with Crippen molar-refractivity contribution in [2.75, 3.05) is 13.2 Å². The smallest absolute Gasteiger partial charge is 0.308 e. The highest BCUT2D eigenvalue weighted by molar-refractivity contribution is 5.71. The van der Waals surface area contributed by atoms with Gasteiger partial charge in [-0.15, -0.1) is 0 Å². The summed E-state index contributed by atoms with van der Waals surface area (Å²) in [4.78, 5) is 24.2. The number of ether oxygens (including phenoxy) is 2. The number of rotatable bonds is 30. The van der Waals surface area contributed by atoms with E-state index in [9.17, 15) is 9.59 Å². The van der Waals surface area contributed by atoms with Gasteiger partial charge in [-0.05, 0) is 37.5 Å². The minimum Gasteiger partial charge on any atom is -0.465 e. The maximum atomic E-state index is 12.3. The van der Waals surface area contributed by atoms with Crippen molar-refractivity contribution in [3.8, 4) is 0 Å². The third-order valence-corrected chi connectivity index (χ3v) is 8.70. The van der Waals surface area contributed by atoms with Gasteiger partial charge >= 0.3 is 11.9 Å². The molecule has 0 heterocycles. The first-order chi connectivity index (χ1) is 19.5. The Hall–Kier alpha value is -1.06. The molecule has 0 spiro atoms. The average Bonchev–Trinajstić information content (AvgIpc) is 2.96. The molecule has 3 unspecified atom stereocenters. The monoisotopic (exact) mass is 567 g/mol. The fourth-order valence-corrected chi connectivity index (χ4v) is 5.38. The minimum absolute atomic E-state index is 0.00259. The number of unbranched alkanes of at least 4 members (excludes halogenated alkanes) is 15. The lowest BCUT2D eigenvalue weighted by Crippen LogP contribution is -2.19. The van der Waals surface area contributed by atoms with Crippen molar-refractivity contribution in [1.82, 2.24) is 0 Å². The normalized spacial score (nSPS) is 13.6. The van der Waals surface area contributed by atoms with Gasteiger partial charge in [0.05, 0.1) is 19.1 Å². The molecule has 0 amide bonds. The lowest BCUT2D eigenvalue weighted by molar-refractivity contribution is -0.149. The van der Waals surface area contributed by atoms with Crippen LogP contribution in [0.1, 0.15) is 189 Å². The van der Waals surface area contributed by atoms with Crippen LogP contribution in [0, 0.1) is 17.8 Å². The molecule has 4 heteroatoms. The van der Waals surface area contributed by atoms with Crippen LogP contribution in [0.15, 0.2) is 0 Å². The quantitative estimate of drug-likeness (QED) is 0.0641. The van der Waals surface area contributed by atoms with E-state index in [-0.39, 0.29) is 17.9 Å². The fraction of sp³-hybridized carbons (Fsp3) is 0.944. The number of esters is 2. The zero-order chi connectivity index (χ0) is 29.7. The van der Waals surface area contributed by atoms with Crippen LogP contribution in [0.4, 0.5) is 0 Å². The van der Waals surface area contributed by atoms with Crippen LogP contribution in [0.2, 0.25) is 0 Å². The summed E-state index contributed by atoms with van der Waals surface area (Å²) in [6, 6.07) is 0. The van der Waals surface area contributed by atoms with Gasteiger partial charge in [0, 0.05) is 6.42 Å². The molecule has 4 nitrogen and oxygen atoms in total. The second-order valence-electron chi connectivity index (χ2n) is 12.5. The standard InChI is InChI=1S/C36H70O4/c1-6-10-27-33(8-3)30-39-35(37)29-25-23-21-19-17-15-13-12-14-16-18-20-22-24-26-32(5)36(38)40-31-34(9-4)28-11-7-2/h32-34H,6-31H2,1-5H3. The van der Waals surface area contributed by atoms with E-state index in [0.717, 1.165) is 38.5 Å². The third kappa shape index (κ3) is 24.7. The van der Waals surface area contributed by atoms with E-state index >= 15 is 0 Å². The Morgan fingerprint density at radius 2 is 0.900 bits per heavy atom. The van der Waals surface area contributed by atoms with E-state index in [4.69, 9.17) is 9.47 Å². The van der Waals surface area contributed by atoms with Gasteiger partial charge in [-0.25, -0.2) is 0 Å². The molecule has 0 aromatic rings. The van der Waals surface area contributed by atoms with Crippen LogP contribution < -0.4 is 0 Å². The minimum atomic E-state index is 0.00259. The van der Waals surface area contributed by atoms with Crippen LogP contribution >= 0.6 is 0 Å². The topological polar surface area (TPSA) is 52.6 Å². The zero-order valence-corrected chi connectivity index (χ0v) is 27.7. The van der Waals surface area contributed by atoms with Gasteiger partial charge in [-0.1, -0.05) is 157 Å². The Balaban J connectivity index is 3.45. The van der Waals surface area contributed by atoms with Crippen molar-refractivity contribution in [3.63, 3.8) is 0 Å². The Morgan fingerprint density at radius 1 is 0.500 bits per heavy atom. The number of hydrogen-bond acceptors (Lipinski definition) is 4. The lowest BCUT2D eigenvalue weighted by atomic mass is 9.99. The van der Waals surface area contributed by atoms with Crippen molar-refractivity contribution < 1.29 is 19.1 Å². The number of carbonyl (C=O) groups excluding carboxylic acids is 2. The molecule has 0 saturated carbocycles. The molecule has 0 aromatic heterocycles. The highest BCUT2D eigenvalue weighted by atomic mass is 16.5. The predicted octanol–water partition coefficient (Wildman–Crippen LogP) is 11.4. The second-order valence-corrected chi connectivity index (χ2v) is 12.5. The highest BCUT2D eigenvalue weighted by Gasteiger charge is 2.16. The van der Waals surface area contributed by atoms with E-state index in [1.807, 2.05) is 6.92 Å². The van der Waals surface area contributed by atoms with E-state index in [1.54, 1.807) is 0 Å². The molecular formula is C36H70O4. The molecule has 0 N–H and O–H groups in total. The molecule has 0 fully saturated rings. The van der Waals surface area contributed by atoms with E-state index in [0.29, 0.717) is 31.5 Å². The Kier molecular flexibility index (Phi) is 28.7. The Labute approximate surface area is 250 Å². The van der Waals surface area contributed by atoms with Crippen molar-refractivity contribution in [2.24, 2.45) is 17.8 Å². The molecule has 40 heavy (non-hydrogen) atoms. The Bertz CT molecular complexity index is 561. The molecular weight excluding hydrogens is 496 g/mol. The molecule has 0 aliphatic heterocycles. The van der Waals surface area contributed by atoms with E-state index < -0.39 is 0 Å². The number of carbonyl (C=O) groups is 2. The molecule has 0 saturated heterocycles. The summed E-state index contributed by atoms with van der Waals surface area (Å²) in [5.41, 5.74) is 0. The van der Waals surface area contributed by atoms with Gasteiger partial charge in [0.2, 0.25) is 0 Å². The van der Waals surface area contributed by atoms with Crippen molar-refractivity contribution >= 4 is 11.9 Å². The largest absolute Gasteiger partial charge is 0.465 e. The van der Waals surface area contributed by atoms with Crippen LogP contribution in [-0.4, -0.2) is 25.2 Å². The SMILES string of the molecule is CCCCC(CC)COC(=O)CCCCCCCCCCCCCCCCC(C)C(=O)OCC(CC)CCCC. The van der Waals surface area contributed by atoms with Gasteiger partial charge < -0.3 is 9.47 Å². The summed E-state index contributed by atoms with van der Waals surface area (Å²) in [5.74, 6) is 1.12. The molecule has 0 aliphatic rings. The Morgan fingerprint density at radius 3 is 1.32 bits per heavy atom. The van der Waals surface area contributed by atoms with E-state index in [1.165, 1.54) is 109 Å². The lowest BCUT2D eigenvalue weighted by Gasteiger charge is -2.17. The first-order valence-corrected chi connectivity index (χ1v) is 17.8. The summed E-state index contributed by atoms with van der Waals surface area (Å²) in [6.07, 6.45) is 28.8. The fourth-order valence-electron chi connectivity index (χ4n) is 5.38. The van der Waals surface area contributed by atoms with Crippen LogP contribution in [0.3, 0.4) is 0 Å². The van der Waals surface area contributed by atoms with Crippen molar-refractivity contribution in [3.05, 3.63) is 0 Å². The molecule has 0 aromatic carbocycles. The van der Waals surface area contributed by atoms with Gasteiger partial charge in [0.15, 0.2) is 0 Å². The predicted molar refractivity (Wildman–Crippen MR) is 172 cm³/mol. The molecule has 0 aliphatic carbocycles. The zero-order valence-electron chi connectivity index (χ0n) is 27.7. The molecule has 0 rings (SSSR count). The van der Waals surface area contributed by atoms with Gasteiger partial charge in [0.25, 0.3) is 0 Å². The maximum absolute atomic E-state index is 12.3. The first kappa shape index (κ1) is 38.9. The van der Waals surface area contributed by atoms with Crippen LogP contribution in [-0.2, 0) is 19.1 Å². The van der Waals surface area contributed by atoms with Crippen molar-refractivity contribution in [1.29, 1.82) is 0 Å². The number of hydrogen-bond donors (Lipinski definition) is 0. The molecule has 0 radical (unpaired) electrons. The highest BCUT2D eigenvalue weighted by Crippen LogP contribution is 2.18. The first-order valence-electron chi connectivity index (χ1n) is 17.8. The summed E-state index contributed by atoms with van der Waals surface area (Å²) in [6.45, 7) is 12.1. The summed E-state index contributed by atoms with van der Waals surface area (Å²) in [7, 11) is 0. The van der Waals surface area contributed by atoms with Crippen LogP contribution in [0.25, 0.3) is 0 Å². The van der Waals surface area contributed by atoms with Gasteiger partial charge in [0.1, 0.15) is 0 Å². The summed E-state index contributed by atoms with van der Waals surface area (Å²) in [5, 5.41) is 0. The maximum Gasteiger partial charge on any atom is 0.308 e. The van der Waals surface area contributed by atoms with E-state index in [2.05, 4.69) is 27.7 Å². The molecule has 238 valence electrons. The van der Waals surface area contributed by atoms with Gasteiger partial charge in [-0.2, -0.15) is 0 Å². The molecule has 3 atom stereocenters. The van der Waals surface area contributed by atoms with Gasteiger partial charge in [-0.3, -0.25) is 9.59 Å². The van der Waals surface area contributed by atoms with Crippen LogP contribution in [0.5, 0.6) is 0 Å². The molecule has 0 bridgehead atoms. The summed E-state index contributed by atoms with van der Waals surface area (Å²) >= 11 is 0. The average molecular weight is 567 g/mol. The second kappa shape index (κ2) is 29.4. The third-order valence-electron chi connectivity index (χ3n) is 8.70.